The molecule has 0 aliphatic carbocycles. The normalized spacial score (nSPS) is 15.2. The Morgan fingerprint density at radius 1 is 1.14 bits per heavy atom. The number of likely N-dealkylation sites (N-methyl/N-ethyl adjacent to an activating group) is 1. The van der Waals surface area contributed by atoms with E-state index in [0.717, 1.165) is 0 Å². The minimum atomic E-state index is -0.528. The Kier molecular flexibility index (Phi) is 4.56. The van der Waals surface area contributed by atoms with Crippen molar-refractivity contribution in [3.05, 3.63) is 36.6 Å². The van der Waals surface area contributed by atoms with Gasteiger partial charge in [-0.3, -0.25) is 9.59 Å². The highest BCUT2D eigenvalue weighted by atomic mass is 16.2. The number of carbonyl (C=O) groups excluding carboxylic acids is 2. The molecule has 0 radical (unpaired) electrons. The number of amides is 1. The van der Waals surface area contributed by atoms with Crippen LogP contribution in [-0.4, -0.2) is 23.6 Å². The lowest BCUT2D eigenvalue weighted by molar-refractivity contribution is -0.138. The molecule has 1 rings (SSSR count). The molecule has 1 heterocycles. The molecule has 14 heavy (non-hydrogen) atoms. The molecule has 0 atom stereocenters. The Hall–Kier alpha value is -1.64. The lowest BCUT2D eigenvalue weighted by atomic mass is 10.1. The van der Waals surface area contributed by atoms with E-state index in [9.17, 15) is 9.59 Å². The van der Waals surface area contributed by atoms with Crippen molar-refractivity contribution >= 4 is 11.7 Å². The maximum absolute atomic E-state index is 11.1. The lowest BCUT2D eigenvalue weighted by Crippen LogP contribution is -2.23. The number of hydrogen-bond acceptors (Lipinski definition) is 2. The molecule has 0 aromatic rings. The maximum atomic E-state index is 11.1. The number of allylic oxidation sites excluding steroid dienone is 2. The fourth-order valence-electron chi connectivity index (χ4n) is 1.12. The van der Waals surface area contributed by atoms with Crippen LogP contribution in [0.5, 0.6) is 0 Å². The Balaban J connectivity index is 0.000000791. The Morgan fingerprint density at radius 3 is 1.93 bits per heavy atom. The molecule has 3 nitrogen and oxygen atoms in total. The van der Waals surface area contributed by atoms with Crippen molar-refractivity contribution in [3.63, 3.8) is 0 Å². The van der Waals surface area contributed by atoms with Gasteiger partial charge in [0.15, 0.2) is 0 Å². The molecule has 76 valence electrons. The first-order valence-electron chi connectivity index (χ1n) is 4.45. The minimum Gasteiger partial charge on any atom is -0.308 e. The van der Waals surface area contributed by atoms with E-state index >= 15 is 0 Å². The smallest absolute Gasteiger partial charge is 0.299 e. The summed E-state index contributed by atoms with van der Waals surface area (Å²) in [6, 6.07) is 0. The number of hydrogen-bond donors (Lipinski definition) is 0. The fraction of sp³-hybridized carbons (Fsp3) is 0.273. The van der Waals surface area contributed by atoms with Gasteiger partial charge in [0.05, 0.1) is 11.3 Å². The zero-order chi connectivity index (χ0) is 11.3. The molecule has 1 amide bonds. The van der Waals surface area contributed by atoms with Gasteiger partial charge in [-0.1, -0.05) is 33.1 Å². The second kappa shape index (κ2) is 5.17. The lowest BCUT2D eigenvalue weighted by Gasteiger charge is -2.08. The van der Waals surface area contributed by atoms with E-state index in [1.807, 2.05) is 13.8 Å². The zero-order valence-electron chi connectivity index (χ0n) is 8.83. The standard InChI is InChI=1S/C9H9NO2.C2H6/c1-4-6-7(5-2)10(3)9(12)8(6)11;1-2/h4-5H,1-2H2,3H3;1-2H3. The summed E-state index contributed by atoms with van der Waals surface area (Å²) in [5.74, 6) is -1.04. The summed E-state index contributed by atoms with van der Waals surface area (Å²) in [6.07, 6.45) is 2.85. The third kappa shape index (κ3) is 1.82. The second-order valence-electron chi connectivity index (χ2n) is 2.40. The van der Waals surface area contributed by atoms with Crippen molar-refractivity contribution < 1.29 is 9.59 Å². The monoisotopic (exact) mass is 193 g/mol. The Morgan fingerprint density at radius 2 is 1.64 bits per heavy atom. The molecule has 3 heteroatoms. The van der Waals surface area contributed by atoms with E-state index in [1.54, 1.807) is 0 Å². The molecule has 1 aliphatic rings. The highest BCUT2D eigenvalue weighted by Gasteiger charge is 2.32. The van der Waals surface area contributed by atoms with Crippen LogP contribution in [0.15, 0.2) is 36.6 Å². The largest absolute Gasteiger partial charge is 0.308 e. The fourth-order valence-corrected chi connectivity index (χ4v) is 1.12. The summed E-state index contributed by atoms with van der Waals surface area (Å²) in [5, 5.41) is 0. The van der Waals surface area contributed by atoms with Gasteiger partial charge in [-0.05, 0) is 6.08 Å². The van der Waals surface area contributed by atoms with Crippen LogP contribution in [0.3, 0.4) is 0 Å². The molecular formula is C11H15NO2. The molecule has 0 saturated carbocycles. The molecule has 0 fully saturated rings. The van der Waals surface area contributed by atoms with E-state index in [1.165, 1.54) is 24.1 Å². The molecule has 0 saturated heterocycles. The van der Waals surface area contributed by atoms with Crippen molar-refractivity contribution in [2.45, 2.75) is 13.8 Å². The average Bonchev–Trinajstić information content (AvgIpc) is 2.44. The summed E-state index contributed by atoms with van der Waals surface area (Å²) in [6.45, 7) is 11.0. The maximum Gasteiger partial charge on any atom is 0.299 e. The van der Waals surface area contributed by atoms with Gasteiger partial charge in [0.1, 0.15) is 0 Å². The van der Waals surface area contributed by atoms with Crippen LogP contribution in [-0.2, 0) is 9.59 Å². The van der Waals surface area contributed by atoms with E-state index in [-0.39, 0.29) is 0 Å². The molecular weight excluding hydrogens is 178 g/mol. The predicted molar refractivity (Wildman–Crippen MR) is 56.5 cm³/mol. The molecule has 0 aromatic heterocycles. The summed E-state index contributed by atoms with van der Waals surface area (Å²) < 4.78 is 0. The third-order valence-corrected chi connectivity index (χ3v) is 1.78. The van der Waals surface area contributed by atoms with Gasteiger partial charge in [0.2, 0.25) is 0 Å². The highest BCUT2D eigenvalue weighted by Crippen LogP contribution is 2.20. The molecule has 1 aliphatic heterocycles. The number of Topliss-reactive ketones (excluding diaryl/α,β-unsaturated/α-hetero) is 1. The van der Waals surface area contributed by atoms with Gasteiger partial charge in [-0.25, -0.2) is 0 Å². The second-order valence-corrected chi connectivity index (χ2v) is 2.40. The summed E-state index contributed by atoms with van der Waals surface area (Å²) >= 11 is 0. The van der Waals surface area contributed by atoms with E-state index in [0.29, 0.717) is 11.3 Å². The highest BCUT2D eigenvalue weighted by molar-refractivity contribution is 6.46. The van der Waals surface area contributed by atoms with Gasteiger partial charge in [0, 0.05) is 7.05 Å². The number of rotatable bonds is 2. The van der Waals surface area contributed by atoms with Crippen LogP contribution >= 0.6 is 0 Å². The van der Waals surface area contributed by atoms with Gasteiger partial charge in [0.25, 0.3) is 11.7 Å². The van der Waals surface area contributed by atoms with Crippen molar-refractivity contribution in [1.82, 2.24) is 4.90 Å². The molecule has 0 N–H and O–H groups in total. The summed E-state index contributed by atoms with van der Waals surface area (Å²) in [5.41, 5.74) is 0.859. The van der Waals surface area contributed by atoms with Crippen molar-refractivity contribution in [1.29, 1.82) is 0 Å². The molecule has 0 bridgehead atoms. The molecule has 0 spiro atoms. The summed E-state index contributed by atoms with van der Waals surface area (Å²) in [7, 11) is 1.54. The first kappa shape index (κ1) is 12.4. The van der Waals surface area contributed by atoms with Gasteiger partial charge < -0.3 is 4.90 Å². The van der Waals surface area contributed by atoms with E-state index < -0.39 is 11.7 Å². The third-order valence-electron chi connectivity index (χ3n) is 1.78. The quantitative estimate of drug-likeness (QED) is 0.626. The number of ketones is 1. The minimum absolute atomic E-state index is 0.331. The Labute approximate surface area is 84.4 Å². The number of nitrogens with zero attached hydrogens (tertiary/aromatic N) is 1. The average molecular weight is 193 g/mol. The predicted octanol–water partition coefficient (Wildman–Crippen LogP) is 1.68. The van der Waals surface area contributed by atoms with Crippen molar-refractivity contribution in [3.8, 4) is 0 Å². The van der Waals surface area contributed by atoms with Crippen LogP contribution < -0.4 is 0 Å². The first-order valence-corrected chi connectivity index (χ1v) is 4.45. The van der Waals surface area contributed by atoms with Gasteiger partial charge >= 0.3 is 0 Å². The van der Waals surface area contributed by atoms with Crippen LogP contribution in [0.1, 0.15) is 13.8 Å². The number of carbonyl (C=O) groups is 2. The topological polar surface area (TPSA) is 37.4 Å². The van der Waals surface area contributed by atoms with Crippen LogP contribution in [0, 0.1) is 0 Å². The van der Waals surface area contributed by atoms with Crippen LogP contribution in [0.4, 0.5) is 0 Å². The molecule has 0 aromatic carbocycles. The van der Waals surface area contributed by atoms with E-state index in [4.69, 9.17) is 0 Å². The van der Waals surface area contributed by atoms with Crippen molar-refractivity contribution in [2.75, 3.05) is 7.05 Å². The first-order chi connectivity index (χ1) is 6.63. The van der Waals surface area contributed by atoms with E-state index in [2.05, 4.69) is 13.2 Å². The SMILES string of the molecule is C=CC1=C(C=C)N(C)C(=O)C1=O.CC. The zero-order valence-corrected chi connectivity index (χ0v) is 8.83. The van der Waals surface area contributed by atoms with Crippen LogP contribution in [0.25, 0.3) is 0 Å². The van der Waals surface area contributed by atoms with Crippen LogP contribution in [0.2, 0.25) is 0 Å². The molecule has 0 unspecified atom stereocenters. The van der Waals surface area contributed by atoms with Gasteiger partial charge in [-0.2, -0.15) is 0 Å². The Bertz CT molecular complexity index is 313. The van der Waals surface area contributed by atoms with Crippen molar-refractivity contribution in [2.24, 2.45) is 0 Å². The van der Waals surface area contributed by atoms with Gasteiger partial charge in [-0.15, -0.1) is 0 Å². The summed E-state index contributed by atoms with van der Waals surface area (Å²) in [4.78, 5) is 23.5.